The molecule has 27 heavy (non-hydrogen) atoms. The average molecular weight is 381 g/mol. The van der Waals surface area contributed by atoms with Gasteiger partial charge in [0.15, 0.2) is 0 Å². The van der Waals surface area contributed by atoms with Crippen molar-refractivity contribution in [3.8, 4) is 0 Å². The van der Waals surface area contributed by atoms with Gasteiger partial charge in [-0.2, -0.15) is 0 Å². The quantitative estimate of drug-likeness (QED) is 0.792. The van der Waals surface area contributed by atoms with Crippen LogP contribution in [0, 0.1) is 11.8 Å². The van der Waals surface area contributed by atoms with Gasteiger partial charge in [-0.15, -0.1) is 0 Å². The fraction of sp³-hybridized carbons (Fsp3) is 0.909. The lowest BCUT2D eigenvalue weighted by atomic mass is 9.79. The van der Waals surface area contributed by atoms with Gasteiger partial charge in [0.1, 0.15) is 5.78 Å². The topological polar surface area (TPSA) is 58.6 Å². The van der Waals surface area contributed by atoms with E-state index in [1.165, 1.54) is 0 Å². The van der Waals surface area contributed by atoms with Crippen molar-refractivity contribution < 1.29 is 14.3 Å². The Morgan fingerprint density at radius 2 is 1.37 bits per heavy atom. The zero-order valence-electron chi connectivity index (χ0n) is 17.7. The van der Waals surface area contributed by atoms with Gasteiger partial charge >= 0.3 is 0 Å². The zero-order chi connectivity index (χ0) is 19.6. The highest BCUT2D eigenvalue weighted by Gasteiger charge is 2.33. The summed E-state index contributed by atoms with van der Waals surface area (Å²) in [5.41, 5.74) is 0. The molecule has 0 radical (unpaired) electrons. The Labute approximate surface area is 165 Å². The number of ether oxygens (including phenoxy) is 1. The molecular formula is C22H40N2O3. The highest BCUT2D eigenvalue weighted by molar-refractivity contribution is 5.82. The van der Waals surface area contributed by atoms with Crippen LogP contribution in [0.1, 0.15) is 78.6 Å². The summed E-state index contributed by atoms with van der Waals surface area (Å²) in [7, 11) is 0. The lowest BCUT2D eigenvalue weighted by Gasteiger charge is -2.37. The first-order chi connectivity index (χ1) is 13.2. The second-order valence-electron chi connectivity index (χ2n) is 7.98. The van der Waals surface area contributed by atoms with Crippen LogP contribution in [0.4, 0.5) is 0 Å². The summed E-state index contributed by atoms with van der Waals surface area (Å²) >= 11 is 0. The Morgan fingerprint density at radius 3 is 1.93 bits per heavy atom. The van der Waals surface area contributed by atoms with Crippen LogP contribution in [0.25, 0.3) is 0 Å². The number of carbonyl (C=O) groups excluding carboxylic acids is 2. The molecule has 5 heteroatoms. The highest BCUT2D eigenvalue weighted by Crippen LogP contribution is 2.32. The van der Waals surface area contributed by atoms with Crippen molar-refractivity contribution in [3.63, 3.8) is 0 Å². The Morgan fingerprint density at radius 1 is 0.852 bits per heavy atom. The van der Waals surface area contributed by atoms with Crippen molar-refractivity contribution in [3.05, 3.63) is 0 Å². The average Bonchev–Trinajstić information content (AvgIpc) is 2.75. The first-order valence-corrected chi connectivity index (χ1v) is 11.3. The van der Waals surface area contributed by atoms with Gasteiger partial charge in [0.05, 0.1) is 12.2 Å². The van der Waals surface area contributed by atoms with Crippen molar-refractivity contribution in [2.45, 2.75) is 90.8 Å². The fourth-order valence-corrected chi connectivity index (χ4v) is 4.63. The Hall–Kier alpha value is -0.940. The number of nitrogens with one attached hydrogen (secondary N) is 1. The minimum atomic E-state index is 0.141. The molecule has 5 nitrogen and oxygen atoms in total. The predicted molar refractivity (Wildman–Crippen MR) is 109 cm³/mol. The van der Waals surface area contributed by atoms with Crippen LogP contribution in [-0.4, -0.2) is 55.0 Å². The molecule has 2 aliphatic heterocycles. The Kier molecular flexibility index (Phi) is 9.77. The molecule has 2 saturated heterocycles. The second-order valence-corrected chi connectivity index (χ2v) is 7.98. The molecule has 1 N–H and O–H groups in total. The molecule has 0 atom stereocenters. The summed E-state index contributed by atoms with van der Waals surface area (Å²) in [5.74, 6) is 1.05. The third-order valence-corrected chi connectivity index (χ3v) is 6.30. The number of piperidine rings is 2. The highest BCUT2D eigenvalue weighted by atomic mass is 16.5. The van der Waals surface area contributed by atoms with E-state index in [-0.39, 0.29) is 11.8 Å². The third-order valence-electron chi connectivity index (χ3n) is 6.30. The first kappa shape index (κ1) is 22.4. The summed E-state index contributed by atoms with van der Waals surface area (Å²) in [6.07, 6.45) is 9.10. The van der Waals surface area contributed by atoms with Crippen LogP contribution < -0.4 is 5.32 Å². The van der Waals surface area contributed by atoms with Gasteiger partial charge in [-0.05, 0) is 64.5 Å². The van der Waals surface area contributed by atoms with Gasteiger partial charge < -0.3 is 15.0 Å². The number of hydrogen-bond donors (Lipinski definition) is 1. The molecule has 0 aromatic carbocycles. The maximum Gasteiger partial charge on any atom is 0.225 e. The van der Waals surface area contributed by atoms with E-state index in [4.69, 9.17) is 4.74 Å². The molecule has 156 valence electrons. The number of nitrogens with zero attached hydrogens (tertiary/aromatic N) is 1. The molecule has 0 aromatic heterocycles. The van der Waals surface area contributed by atoms with E-state index < -0.39 is 0 Å². The maximum absolute atomic E-state index is 12.8. The minimum Gasteiger partial charge on any atom is -0.375 e. The largest absolute Gasteiger partial charge is 0.375 e. The van der Waals surface area contributed by atoms with Crippen molar-refractivity contribution in [2.24, 2.45) is 11.8 Å². The smallest absolute Gasteiger partial charge is 0.225 e. The number of rotatable bonds is 5. The van der Waals surface area contributed by atoms with E-state index in [2.05, 4.69) is 10.2 Å². The molecule has 0 unspecified atom stereocenters. The van der Waals surface area contributed by atoms with E-state index in [1.54, 1.807) is 0 Å². The molecule has 3 rings (SSSR count). The molecule has 0 spiro atoms. The summed E-state index contributed by atoms with van der Waals surface area (Å²) in [6, 6.07) is 0. The van der Waals surface area contributed by atoms with Gasteiger partial charge in [-0.3, -0.25) is 9.59 Å². The van der Waals surface area contributed by atoms with Gasteiger partial charge in [0.25, 0.3) is 0 Å². The molecule has 3 aliphatic rings. The fourth-order valence-electron chi connectivity index (χ4n) is 4.63. The molecule has 3 fully saturated rings. The zero-order valence-corrected chi connectivity index (χ0v) is 17.7. The molecule has 2 heterocycles. The first-order valence-electron chi connectivity index (χ1n) is 11.3. The predicted octanol–water partition coefficient (Wildman–Crippen LogP) is 3.56. The van der Waals surface area contributed by atoms with E-state index >= 15 is 0 Å². The number of hydrogen-bond acceptors (Lipinski definition) is 4. The number of amides is 1. The summed E-state index contributed by atoms with van der Waals surface area (Å²) in [6.45, 7) is 9.73. The van der Waals surface area contributed by atoms with Crippen molar-refractivity contribution in [2.75, 3.05) is 26.2 Å². The molecule has 1 aliphatic carbocycles. The van der Waals surface area contributed by atoms with Gasteiger partial charge in [0.2, 0.25) is 5.91 Å². The summed E-state index contributed by atoms with van der Waals surface area (Å²) in [4.78, 5) is 26.7. The SMILES string of the molecule is CC.CCC(=O)C1CCC(C(=O)N2CCC(OC3CCNCC3)CC2)CC1. The van der Waals surface area contributed by atoms with Crippen LogP contribution in [0.15, 0.2) is 0 Å². The van der Waals surface area contributed by atoms with E-state index in [9.17, 15) is 9.59 Å². The van der Waals surface area contributed by atoms with Gasteiger partial charge in [-0.25, -0.2) is 0 Å². The monoisotopic (exact) mass is 380 g/mol. The molecule has 0 aromatic rings. The lowest BCUT2D eigenvalue weighted by Crippen LogP contribution is -2.45. The Bertz CT molecular complexity index is 446. The van der Waals surface area contributed by atoms with Crippen LogP contribution >= 0.6 is 0 Å². The number of likely N-dealkylation sites (tertiary alicyclic amines) is 1. The summed E-state index contributed by atoms with van der Waals surface area (Å²) in [5, 5.41) is 3.37. The number of Topliss-reactive ketones (excluding diaryl/α,β-unsaturated/α-hetero) is 1. The van der Waals surface area contributed by atoms with Crippen LogP contribution in [-0.2, 0) is 14.3 Å². The van der Waals surface area contributed by atoms with Crippen molar-refractivity contribution in [1.82, 2.24) is 10.2 Å². The second kappa shape index (κ2) is 11.8. The third kappa shape index (κ3) is 6.56. The van der Waals surface area contributed by atoms with Crippen molar-refractivity contribution >= 4 is 11.7 Å². The van der Waals surface area contributed by atoms with Gasteiger partial charge in [-0.1, -0.05) is 20.8 Å². The summed E-state index contributed by atoms with van der Waals surface area (Å²) < 4.78 is 6.24. The maximum atomic E-state index is 12.8. The van der Waals surface area contributed by atoms with Crippen LogP contribution in [0.2, 0.25) is 0 Å². The van der Waals surface area contributed by atoms with Crippen molar-refractivity contribution in [1.29, 1.82) is 0 Å². The van der Waals surface area contributed by atoms with Crippen LogP contribution in [0.5, 0.6) is 0 Å². The van der Waals surface area contributed by atoms with E-state index in [0.29, 0.717) is 30.3 Å². The molecule has 0 bridgehead atoms. The standard InChI is InChI=1S/C20H34N2O3.C2H6/c1-2-19(23)15-3-5-16(6-4-15)20(24)22-13-9-18(10-14-22)25-17-7-11-21-12-8-17;1-2/h15-18,21H,2-14H2,1H3;1-2H3. The van der Waals surface area contributed by atoms with E-state index in [1.807, 2.05) is 20.8 Å². The minimum absolute atomic E-state index is 0.141. The number of carbonyl (C=O) groups is 2. The normalized spacial score (nSPS) is 27.6. The van der Waals surface area contributed by atoms with Gasteiger partial charge in [0, 0.05) is 31.3 Å². The molecular weight excluding hydrogens is 340 g/mol. The Balaban J connectivity index is 0.00000126. The number of ketones is 1. The lowest BCUT2D eigenvalue weighted by molar-refractivity contribution is -0.141. The molecule has 1 amide bonds. The molecule has 1 saturated carbocycles. The van der Waals surface area contributed by atoms with Crippen LogP contribution in [0.3, 0.4) is 0 Å². The van der Waals surface area contributed by atoms with E-state index in [0.717, 1.165) is 77.5 Å².